The number of carbonyl (C=O) groups is 2. The molecule has 2 aromatic carbocycles. The van der Waals surface area contributed by atoms with Crippen molar-refractivity contribution in [2.45, 2.75) is 120 Å². The summed E-state index contributed by atoms with van der Waals surface area (Å²) in [5.74, 6) is 1.48. The third-order valence-corrected chi connectivity index (χ3v) is 15.3. The molecule has 8 aliphatic rings. The van der Waals surface area contributed by atoms with Crippen molar-refractivity contribution in [3.05, 3.63) is 78.8 Å². The minimum atomic E-state index is -0.0655. The summed E-state index contributed by atoms with van der Waals surface area (Å²) in [4.78, 5) is 30.9. The summed E-state index contributed by atoms with van der Waals surface area (Å²) in [6.45, 7) is 3.02. The lowest BCUT2D eigenvalue weighted by molar-refractivity contribution is -0.148. The lowest BCUT2D eigenvalue weighted by Gasteiger charge is -2.51. The van der Waals surface area contributed by atoms with E-state index in [0.717, 1.165) is 82.0 Å². The normalized spacial score (nSPS) is 32.8. The van der Waals surface area contributed by atoms with E-state index < -0.39 is 0 Å². The molecule has 0 amide bonds. The van der Waals surface area contributed by atoms with Crippen LogP contribution in [0.4, 0.5) is 0 Å². The molecule has 0 radical (unpaired) electrons. The smallest absolute Gasteiger partial charge is 0.305 e. The number of rotatable bonds is 16. The van der Waals surface area contributed by atoms with E-state index in [2.05, 4.69) is 22.0 Å². The molecule has 8 heterocycles. The Bertz CT molecular complexity index is 1670. The Balaban J connectivity index is 0.696. The molecule has 296 valence electrons. The second-order valence-electron chi connectivity index (χ2n) is 17.1. The average Bonchev–Trinajstić information content (AvgIpc) is 3.67. The Morgan fingerprint density at radius 1 is 0.582 bits per heavy atom. The summed E-state index contributed by atoms with van der Waals surface area (Å²) in [6.07, 6.45) is 19.8. The van der Waals surface area contributed by atoms with Gasteiger partial charge in [-0.05, 0) is 98.6 Å². The van der Waals surface area contributed by atoms with Crippen LogP contribution >= 0.6 is 46.4 Å². The fourth-order valence-electron chi connectivity index (χ4n) is 11.2. The van der Waals surface area contributed by atoms with Gasteiger partial charge in [0.2, 0.25) is 0 Å². The Kier molecular flexibility index (Phi) is 12.9. The van der Waals surface area contributed by atoms with E-state index in [-0.39, 0.29) is 11.9 Å². The fourth-order valence-corrected chi connectivity index (χ4v) is 11.8. The van der Waals surface area contributed by atoms with Gasteiger partial charge in [-0.2, -0.15) is 0 Å². The van der Waals surface area contributed by atoms with Crippen LogP contribution in [0.3, 0.4) is 0 Å². The minimum Gasteiger partial charge on any atom is -0.465 e. The summed E-state index contributed by atoms with van der Waals surface area (Å²) < 4.78 is 11.9. The van der Waals surface area contributed by atoms with Crippen LogP contribution in [-0.2, 0) is 19.1 Å². The first-order chi connectivity index (χ1) is 26.7. The lowest BCUT2D eigenvalue weighted by Crippen LogP contribution is -2.57. The monoisotopic (exact) mass is 826 g/mol. The van der Waals surface area contributed by atoms with E-state index in [1.165, 1.54) is 36.8 Å². The molecular weight excluding hydrogens is 774 g/mol. The predicted molar refractivity (Wildman–Crippen MR) is 223 cm³/mol. The van der Waals surface area contributed by atoms with E-state index in [9.17, 15) is 9.59 Å². The SMILES string of the molecule is O=C(CCCCCCCCCC(=O)OCC1C2CC3CCC1N3C/C2=C\c1ccc(Cl)c(Cl)c1)OCC1C2CC3CCC1N3C/C2=C\c1ccc(Cl)c(Cl)c1. The number of nitrogens with zero attached hydrogens (tertiary/aromatic N) is 2. The molecule has 0 aromatic heterocycles. The molecule has 0 aliphatic carbocycles. The van der Waals surface area contributed by atoms with Crippen molar-refractivity contribution in [1.82, 2.24) is 9.80 Å². The number of hydrogen-bond acceptors (Lipinski definition) is 6. The summed E-state index contributed by atoms with van der Waals surface area (Å²) in [5.41, 5.74) is 5.00. The summed E-state index contributed by atoms with van der Waals surface area (Å²) in [6, 6.07) is 14.0. The molecule has 55 heavy (non-hydrogen) atoms. The second-order valence-corrected chi connectivity index (χ2v) is 18.7. The molecule has 0 saturated carbocycles. The van der Waals surface area contributed by atoms with E-state index in [1.54, 1.807) is 0 Å². The molecule has 8 bridgehead atoms. The molecule has 10 heteroatoms. The van der Waals surface area contributed by atoms with Crippen LogP contribution in [0, 0.1) is 23.7 Å². The van der Waals surface area contributed by atoms with Crippen LogP contribution in [0.5, 0.6) is 0 Å². The molecule has 10 atom stereocenters. The molecule has 2 aromatic rings. The zero-order valence-corrected chi connectivity index (χ0v) is 34.7. The number of hydrogen-bond donors (Lipinski definition) is 0. The van der Waals surface area contributed by atoms with Gasteiger partial charge >= 0.3 is 11.9 Å². The predicted octanol–water partition coefficient (Wildman–Crippen LogP) is 11.3. The van der Waals surface area contributed by atoms with Gasteiger partial charge in [-0.1, -0.05) is 114 Å². The van der Waals surface area contributed by atoms with E-state index in [0.29, 0.717) is 94.0 Å². The van der Waals surface area contributed by atoms with Gasteiger partial charge in [0.25, 0.3) is 0 Å². The number of halogens is 4. The van der Waals surface area contributed by atoms with Crippen molar-refractivity contribution in [3.8, 4) is 0 Å². The van der Waals surface area contributed by atoms with E-state index in [1.807, 2.05) is 36.4 Å². The van der Waals surface area contributed by atoms with Crippen LogP contribution in [0.2, 0.25) is 20.1 Å². The van der Waals surface area contributed by atoms with Crippen LogP contribution < -0.4 is 0 Å². The Morgan fingerprint density at radius 2 is 1.00 bits per heavy atom. The number of esters is 2. The van der Waals surface area contributed by atoms with Crippen LogP contribution in [0.15, 0.2) is 47.5 Å². The highest BCUT2D eigenvalue weighted by Crippen LogP contribution is 2.52. The van der Waals surface area contributed by atoms with Crippen molar-refractivity contribution < 1.29 is 19.1 Å². The molecule has 10 rings (SSSR count). The van der Waals surface area contributed by atoms with Gasteiger partial charge in [0.15, 0.2) is 0 Å². The van der Waals surface area contributed by atoms with Crippen LogP contribution in [-0.4, -0.2) is 72.2 Å². The quantitative estimate of drug-likeness (QED) is 0.124. The summed E-state index contributed by atoms with van der Waals surface area (Å²) in [5, 5.41) is 2.30. The van der Waals surface area contributed by atoms with Gasteiger partial charge in [-0.3, -0.25) is 19.4 Å². The maximum atomic E-state index is 12.8. The number of fused-ring (bicyclic) bond motifs is 2. The number of piperidine rings is 6. The minimum absolute atomic E-state index is 0.0655. The van der Waals surface area contributed by atoms with Gasteiger partial charge in [0.05, 0.1) is 33.3 Å². The van der Waals surface area contributed by atoms with Crippen molar-refractivity contribution >= 4 is 70.5 Å². The highest BCUT2D eigenvalue weighted by Gasteiger charge is 2.53. The van der Waals surface area contributed by atoms with Gasteiger partial charge in [-0.15, -0.1) is 0 Å². The molecule has 0 spiro atoms. The number of unbranched alkanes of at least 4 members (excludes halogenated alkanes) is 6. The topological polar surface area (TPSA) is 59.1 Å². The first kappa shape index (κ1) is 39.8. The maximum Gasteiger partial charge on any atom is 0.305 e. The van der Waals surface area contributed by atoms with Gasteiger partial charge in [0.1, 0.15) is 0 Å². The number of ether oxygens (including phenoxy) is 2. The highest BCUT2D eigenvalue weighted by molar-refractivity contribution is 6.42. The van der Waals surface area contributed by atoms with Crippen molar-refractivity contribution in [1.29, 1.82) is 0 Å². The first-order valence-corrected chi connectivity index (χ1v) is 22.4. The zero-order valence-electron chi connectivity index (χ0n) is 31.7. The molecule has 8 saturated heterocycles. The Morgan fingerprint density at radius 3 is 1.42 bits per heavy atom. The standard InChI is InChI=1S/C45H54Cl4N2O4/c46-38-14-10-28(20-40(38)48)18-30-24-50-32-12-16-42(50)36(34(30)22-32)26-54-44(52)8-6-4-2-1-3-5-7-9-45(53)55-27-37-35-23-33-13-17-43(37)51(33)25-31(35)19-29-11-15-39(47)41(49)21-29/h10-11,14-15,18-21,32-37,42-43H,1-9,12-13,16-17,22-27H2/b30-18+,31-19+. The molecule has 6 nitrogen and oxygen atoms in total. The first-order valence-electron chi connectivity index (χ1n) is 20.9. The molecule has 0 N–H and O–H groups in total. The molecule has 10 unspecified atom stereocenters. The third-order valence-electron chi connectivity index (χ3n) is 13.9. The van der Waals surface area contributed by atoms with Gasteiger partial charge in [0, 0.05) is 61.9 Å². The molecule has 8 fully saturated rings. The highest BCUT2D eigenvalue weighted by atomic mass is 35.5. The zero-order chi connectivity index (χ0) is 38.1. The Labute approximate surface area is 346 Å². The van der Waals surface area contributed by atoms with Crippen LogP contribution in [0.25, 0.3) is 12.2 Å². The van der Waals surface area contributed by atoms with E-state index >= 15 is 0 Å². The van der Waals surface area contributed by atoms with Gasteiger partial charge in [-0.25, -0.2) is 0 Å². The lowest BCUT2D eigenvalue weighted by atomic mass is 9.71. The average molecular weight is 829 g/mol. The number of benzene rings is 2. The largest absolute Gasteiger partial charge is 0.465 e. The Hall–Kier alpha value is -2.06. The second kappa shape index (κ2) is 17.8. The van der Waals surface area contributed by atoms with Crippen molar-refractivity contribution in [2.24, 2.45) is 23.7 Å². The molecule has 8 aliphatic heterocycles. The van der Waals surface area contributed by atoms with Crippen molar-refractivity contribution in [2.75, 3.05) is 26.3 Å². The molecular formula is C45H54Cl4N2O4. The fraction of sp³-hybridized carbons (Fsp3) is 0.600. The third kappa shape index (κ3) is 9.00. The van der Waals surface area contributed by atoms with Gasteiger partial charge < -0.3 is 9.47 Å². The van der Waals surface area contributed by atoms with E-state index in [4.69, 9.17) is 55.9 Å². The van der Waals surface area contributed by atoms with Crippen LogP contribution in [0.1, 0.15) is 107 Å². The number of carbonyl (C=O) groups excluding carboxylic acids is 2. The summed E-state index contributed by atoms with van der Waals surface area (Å²) >= 11 is 24.9. The maximum absolute atomic E-state index is 12.8. The van der Waals surface area contributed by atoms with Crippen molar-refractivity contribution in [3.63, 3.8) is 0 Å². The summed E-state index contributed by atoms with van der Waals surface area (Å²) in [7, 11) is 0.